The predicted octanol–water partition coefficient (Wildman–Crippen LogP) is 1.55. The highest BCUT2D eigenvalue weighted by Crippen LogP contribution is 2.47. The van der Waals surface area contributed by atoms with Crippen LogP contribution in [0.3, 0.4) is 0 Å². The Kier molecular flexibility index (Phi) is 2.02. The molecule has 1 amide bonds. The molecule has 14 heavy (non-hydrogen) atoms. The Labute approximate surface area is 84.7 Å². The van der Waals surface area contributed by atoms with Gasteiger partial charge in [0, 0.05) is 12.6 Å². The first kappa shape index (κ1) is 9.51. The molecule has 2 unspecified atom stereocenters. The molecule has 2 fully saturated rings. The number of nitriles is 1. The summed E-state index contributed by atoms with van der Waals surface area (Å²) >= 11 is 0. The number of carbonyl (C=O) groups is 1. The van der Waals surface area contributed by atoms with E-state index in [1.54, 1.807) is 0 Å². The van der Waals surface area contributed by atoms with Crippen molar-refractivity contribution in [1.29, 1.82) is 5.26 Å². The normalized spacial score (nSPS) is 33.9. The molecule has 1 aliphatic carbocycles. The molecule has 1 saturated carbocycles. The average Bonchev–Trinajstić information content (AvgIpc) is 2.91. The third kappa shape index (κ3) is 1.21. The lowest BCUT2D eigenvalue weighted by atomic mass is 10.0. The van der Waals surface area contributed by atoms with Gasteiger partial charge in [-0.05, 0) is 32.1 Å². The smallest absolute Gasteiger partial charge is 0.243 e. The third-order valence-corrected chi connectivity index (χ3v) is 3.77. The van der Waals surface area contributed by atoms with Gasteiger partial charge in [-0.1, -0.05) is 6.92 Å². The lowest BCUT2D eigenvalue weighted by Gasteiger charge is -2.25. The summed E-state index contributed by atoms with van der Waals surface area (Å²) in [7, 11) is 0. The summed E-state index contributed by atoms with van der Waals surface area (Å²) in [5, 5.41) is 8.94. The van der Waals surface area contributed by atoms with E-state index in [1.165, 1.54) is 0 Å². The summed E-state index contributed by atoms with van der Waals surface area (Å²) in [6.45, 7) is 5.09. The molecule has 2 aliphatic rings. The Hall–Kier alpha value is -1.04. The Morgan fingerprint density at radius 1 is 1.50 bits per heavy atom. The molecule has 0 N–H and O–H groups in total. The summed E-state index contributed by atoms with van der Waals surface area (Å²) in [5.74, 6) is 0.658. The van der Waals surface area contributed by atoms with Gasteiger partial charge in [0.15, 0.2) is 0 Å². The summed E-state index contributed by atoms with van der Waals surface area (Å²) in [5.41, 5.74) is -0.627. The van der Waals surface area contributed by atoms with Crippen molar-refractivity contribution in [3.8, 4) is 6.07 Å². The first-order valence-electron chi connectivity index (χ1n) is 5.33. The highest BCUT2D eigenvalue weighted by Gasteiger charge is 2.54. The van der Waals surface area contributed by atoms with Crippen LogP contribution in [0.4, 0.5) is 0 Å². The van der Waals surface area contributed by atoms with Crippen LogP contribution in [0.2, 0.25) is 0 Å². The van der Waals surface area contributed by atoms with Gasteiger partial charge in [-0.15, -0.1) is 0 Å². The van der Waals surface area contributed by atoms with Crippen molar-refractivity contribution in [2.45, 2.75) is 39.2 Å². The molecule has 1 aliphatic heterocycles. The van der Waals surface area contributed by atoms with E-state index in [9.17, 15) is 4.79 Å². The van der Waals surface area contributed by atoms with E-state index in [1.807, 2.05) is 4.90 Å². The van der Waals surface area contributed by atoms with E-state index in [0.717, 1.165) is 25.8 Å². The molecule has 2 atom stereocenters. The SMILES string of the molecule is CC1CCN(C(=O)C2(C#N)CC2)C1C. The molecule has 0 radical (unpaired) electrons. The molecule has 76 valence electrons. The fourth-order valence-corrected chi connectivity index (χ4v) is 2.15. The summed E-state index contributed by atoms with van der Waals surface area (Å²) < 4.78 is 0. The van der Waals surface area contributed by atoms with E-state index in [-0.39, 0.29) is 5.91 Å². The molecule has 1 heterocycles. The molecule has 2 rings (SSSR count). The van der Waals surface area contributed by atoms with Gasteiger partial charge in [-0.2, -0.15) is 5.26 Å². The molecular formula is C11H16N2O. The van der Waals surface area contributed by atoms with Crippen molar-refractivity contribution in [2.75, 3.05) is 6.54 Å². The van der Waals surface area contributed by atoms with Gasteiger partial charge in [-0.3, -0.25) is 4.79 Å². The van der Waals surface area contributed by atoms with Gasteiger partial charge >= 0.3 is 0 Å². The van der Waals surface area contributed by atoms with Crippen molar-refractivity contribution < 1.29 is 4.79 Å². The fraction of sp³-hybridized carbons (Fsp3) is 0.818. The van der Waals surface area contributed by atoms with Gasteiger partial charge in [0.05, 0.1) is 6.07 Å². The van der Waals surface area contributed by atoms with Crippen molar-refractivity contribution in [3.05, 3.63) is 0 Å². The zero-order valence-electron chi connectivity index (χ0n) is 8.79. The minimum absolute atomic E-state index is 0.0804. The highest BCUT2D eigenvalue weighted by molar-refractivity contribution is 5.88. The topological polar surface area (TPSA) is 44.1 Å². The Balaban J connectivity index is 2.10. The van der Waals surface area contributed by atoms with Gasteiger partial charge in [0.1, 0.15) is 5.41 Å². The zero-order valence-corrected chi connectivity index (χ0v) is 8.79. The maximum Gasteiger partial charge on any atom is 0.243 e. The van der Waals surface area contributed by atoms with E-state index < -0.39 is 5.41 Å². The van der Waals surface area contributed by atoms with Gasteiger partial charge in [0.2, 0.25) is 5.91 Å². The first-order valence-corrected chi connectivity index (χ1v) is 5.33. The number of nitrogens with zero attached hydrogens (tertiary/aromatic N) is 2. The number of amides is 1. The van der Waals surface area contributed by atoms with E-state index in [4.69, 9.17) is 5.26 Å². The van der Waals surface area contributed by atoms with Crippen molar-refractivity contribution in [1.82, 2.24) is 4.90 Å². The van der Waals surface area contributed by atoms with E-state index >= 15 is 0 Å². The minimum Gasteiger partial charge on any atom is -0.338 e. The lowest BCUT2D eigenvalue weighted by molar-refractivity contribution is -0.135. The van der Waals surface area contributed by atoms with Crippen LogP contribution < -0.4 is 0 Å². The van der Waals surface area contributed by atoms with E-state index in [0.29, 0.717) is 12.0 Å². The molecule has 0 spiro atoms. The molecular weight excluding hydrogens is 176 g/mol. The number of carbonyl (C=O) groups excluding carboxylic acids is 1. The van der Waals surface area contributed by atoms with Crippen molar-refractivity contribution >= 4 is 5.91 Å². The van der Waals surface area contributed by atoms with Crippen LogP contribution >= 0.6 is 0 Å². The zero-order chi connectivity index (χ0) is 10.3. The second-order valence-electron chi connectivity index (χ2n) is 4.70. The molecule has 0 aromatic rings. The van der Waals surface area contributed by atoms with Gasteiger partial charge in [0.25, 0.3) is 0 Å². The Bertz CT molecular complexity index is 301. The molecule has 3 nitrogen and oxygen atoms in total. The standard InChI is InChI=1S/C11H16N2O/c1-8-3-6-13(9(8)2)10(14)11(7-12)4-5-11/h8-9H,3-6H2,1-2H3. The number of hydrogen-bond donors (Lipinski definition) is 0. The quantitative estimate of drug-likeness (QED) is 0.632. The summed E-state index contributed by atoms with van der Waals surface area (Å²) in [6, 6.07) is 2.49. The van der Waals surface area contributed by atoms with Crippen LogP contribution in [-0.4, -0.2) is 23.4 Å². The van der Waals surface area contributed by atoms with Crippen molar-refractivity contribution in [3.63, 3.8) is 0 Å². The molecule has 3 heteroatoms. The fourth-order valence-electron chi connectivity index (χ4n) is 2.15. The van der Waals surface area contributed by atoms with Gasteiger partial charge in [-0.25, -0.2) is 0 Å². The van der Waals surface area contributed by atoms with Crippen LogP contribution in [0.1, 0.15) is 33.1 Å². The second kappa shape index (κ2) is 2.98. The average molecular weight is 192 g/mol. The third-order valence-electron chi connectivity index (χ3n) is 3.77. The predicted molar refractivity (Wildman–Crippen MR) is 52.2 cm³/mol. The van der Waals surface area contributed by atoms with Gasteiger partial charge < -0.3 is 4.90 Å². The van der Waals surface area contributed by atoms with Crippen LogP contribution in [0.15, 0.2) is 0 Å². The number of rotatable bonds is 1. The molecule has 0 aromatic heterocycles. The summed E-state index contributed by atoms with van der Waals surface area (Å²) in [6.07, 6.45) is 2.61. The maximum atomic E-state index is 12.0. The molecule has 1 saturated heterocycles. The summed E-state index contributed by atoms with van der Waals surface area (Å²) in [4.78, 5) is 13.9. The minimum atomic E-state index is -0.627. The molecule has 0 aromatic carbocycles. The van der Waals surface area contributed by atoms with Crippen molar-refractivity contribution in [2.24, 2.45) is 11.3 Å². The number of likely N-dealkylation sites (tertiary alicyclic amines) is 1. The number of hydrogen-bond acceptors (Lipinski definition) is 2. The monoisotopic (exact) mass is 192 g/mol. The highest BCUT2D eigenvalue weighted by atomic mass is 16.2. The Morgan fingerprint density at radius 2 is 2.14 bits per heavy atom. The largest absolute Gasteiger partial charge is 0.338 e. The van der Waals surface area contributed by atoms with Crippen LogP contribution in [0.5, 0.6) is 0 Å². The lowest BCUT2D eigenvalue weighted by Crippen LogP contribution is -2.40. The van der Waals surface area contributed by atoms with Crippen LogP contribution in [-0.2, 0) is 4.79 Å². The van der Waals surface area contributed by atoms with Crippen LogP contribution in [0, 0.1) is 22.7 Å². The second-order valence-corrected chi connectivity index (χ2v) is 4.70. The van der Waals surface area contributed by atoms with E-state index in [2.05, 4.69) is 19.9 Å². The van der Waals surface area contributed by atoms with Crippen LogP contribution in [0.25, 0.3) is 0 Å². The Morgan fingerprint density at radius 3 is 2.50 bits per heavy atom. The first-order chi connectivity index (χ1) is 6.60. The maximum absolute atomic E-state index is 12.0. The molecule has 0 bridgehead atoms.